The van der Waals surface area contributed by atoms with Crippen molar-refractivity contribution in [3.8, 4) is 0 Å². The number of carbonyl (C=O) groups excluding carboxylic acids is 4. The number of hydrogen-bond donors (Lipinski definition) is 5. The van der Waals surface area contributed by atoms with E-state index in [1.54, 1.807) is 0 Å². The third-order valence-electron chi connectivity index (χ3n) is 6.24. The molecule has 2 saturated heterocycles. The maximum absolute atomic E-state index is 12.0. The Hall–Kier alpha value is -2.13. The normalized spacial score (nSPS) is 19.5. The van der Waals surface area contributed by atoms with E-state index >= 15 is 0 Å². The van der Waals surface area contributed by atoms with Gasteiger partial charge in [0.05, 0.1) is 38.5 Å². The van der Waals surface area contributed by atoms with E-state index in [-0.39, 0.29) is 49.1 Å². The summed E-state index contributed by atoms with van der Waals surface area (Å²) in [6, 6.07) is 0.413. The van der Waals surface area contributed by atoms with Crippen molar-refractivity contribution in [1.29, 1.82) is 0 Å². The first-order valence-corrected chi connectivity index (χ1v) is 15.3. The molecule has 0 aromatic carbocycles. The molecular weight excluding hydrogens is 542 g/mol. The third kappa shape index (κ3) is 15.6. The number of fused-ring (bicyclic) bond motifs is 1. The number of urea groups is 1. The molecule has 2 heterocycles. The van der Waals surface area contributed by atoms with Crippen LogP contribution in [-0.2, 0) is 33.3 Å². The second-order valence-corrected chi connectivity index (χ2v) is 10.8. The molecule has 3 atom stereocenters. The van der Waals surface area contributed by atoms with E-state index in [4.69, 9.17) is 18.9 Å². The first kappa shape index (κ1) is 34.1. The first-order chi connectivity index (χ1) is 19.5. The maximum atomic E-state index is 12.0. The highest BCUT2D eigenvalue weighted by Crippen LogP contribution is 2.33. The summed E-state index contributed by atoms with van der Waals surface area (Å²) in [5.74, 6) is 0.524. The zero-order chi connectivity index (χ0) is 28.8. The quantitative estimate of drug-likeness (QED) is 0.0765. The lowest BCUT2D eigenvalue weighted by atomic mass is 10.0. The van der Waals surface area contributed by atoms with Crippen molar-refractivity contribution >= 4 is 35.5 Å². The minimum absolute atomic E-state index is 0.0608. The molecule has 14 heteroatoms. The second-order valence-electron chi connectivity index (χ2n) is 9.56. The minimum atomic E-state index is -0.266. The number of nitrogens with one attached hydrogen (secondary N) is 5. The highest BCUT2D eigenvalue weighted by atomic mass is 32.2. The number of likely N-dealkylation sites (N-methyl/N-ethyl adjacent to an activating group) is 1. The molecular formula is C26H47N5O8S. The standard InChI is InChI=1S/C26H47N5O8S/c1-2-27-23(33)17-39-18-24(34)29-10-6-12-37-14-16-38-15-13-36-11-5-9-28-22(32)8-4-3-7-21-25-20(19-40-21)30-26(35)31-25/h20-21,25H,2-19H2,1H3,(H,27,33)(H,28,32)(H,29,34)(H2,30,31,35). The van der Waals surface area contributed by atoms with E-state index in [0.717, 1.165) is 31.4 Å². The summed E-state index contributed by atoms with van der Waals surface area (Å²) in [5.41, 5.74) is 0. The summed E-state index contributed by atoms with van der Waals surface area (Å²) in [5, 5.41) is 14.6. The SMILES string of the molecule is CCNC(=O)COCC(=O)NCCCOCCOCCOCCCNC(=O)CCCCC1SCC2NC(=O)NC21. The zero-order valence-corrected chi connectivity index (χ0v) is 24.5. The summed E-state index contributed by atoms with van der Waals surface area (Å²) in [6.45, 7) is 6.08. The van der Waals surface area contributed by atoms with E-state index in [0.29, 0.717) is 77.4 Å². The van der Waals surface area contributed by atoms with Crippen LogP contribution in [0.4, 0.5) is 4.79 Å². The molecule has 13 nitrogen and oxygen atoms in total. The molecule has 3 unspecified atom stereocenters. The van der Waals surface area contributed by atoms with Crippen LogP contribution in [0, 0.1) is 0 Å². The van der Waals surface area contributed by atoms with Crippen LogP contribution >= 0.6 is 11.8 Å². The Bertz CT molecular complexity index is 763. The average Bonchev–Trinajstić information content (AvgIpc) is 3.48. The number of hydrogen-bond acceptors (Lipinski definition) is 9. The van der Waals surface area contributed by atoms with Gasteiger partial charge >= 0.3 is 6.03 Å². The van der Waals surface area contributed by atoms with Gasteiger partial charge in [0, 0.05) is 50.3 Å². The third-order valence-corrected chi connectivity index (χ3v) is 7.75. The predicted octanol–water partition coefficient (Wildman–Crippen LogP) is -0.0727. The zero-order valence-electron chi connectivity index (χ0n) is 23.6. The molecule has 5 N–H and O–H groups in total. The van der Waals surface area contributed by atoms with Crippen LogP contribution in [0.1, 0.15) is 45.4 Å². The second kappa shape index (κ2) is 21.6. The molecule has 230 valence electrons. The fourth-order valence-corrected chi connectivity index (χ4v) is 5.79. The Morgan fingerprint density at radius 2 is 1.38 bits per heavy atom. The molecule has 0 spiro atoms. The monoisotopic (exact) mass is 589 g/mol. The van der Waals surface area contributed by atoms with Gasteiger partial charge in [-0.15, -0.1) is 0 Å². The first-order valence-electron chi connectivity index (χ1n) is 14.3. The lowest BCUT2D eigenvalue weighted by Crippen LogP contribution is -2.36. The smallest absolute Gasteiger partial charge is 0.315 e. The number of amides is 5. The van der Waals surface area contributed by atoms with Crippen molar-refractivity contribution in [2.45, 2.75) is 62.8 Å². The van der Waals surface area contributed by atoms with Crippen LogP contribution in [0.2, 0.25) is 0 Å². The van der Waals surface area contributed by atoms with Crippen LogP contribution < -0.4 is 26.6 Å². The molecule has 0 aliphatic carbocycles. The lowest BCUT2D eigenvalue weighted by molar-refractivity contribution is -0.131. The number of thioether (sulfide) groups is 1. The van der Waals surface area contributed by atoms with Crippen molar-refractivity contribution in [3.05, 3.63) is 0 Å². The number of ether oxygens (including phenoxy) is 4. The molecule has 0 aromatic rings. The van der Waals surface area contributed by atoms with Gasteiger partial charge in [0.1, 0.15) is 13.2 Å². The Kier molecular flexibility index (Phi) is 18.4. The molecule has 2 aliphatic heterocycles. The molecule has 40 heavy (non-hydrogen) atoms. The van der Waals surface area contributed by atoms with E-state index in [2.05, 4.69) is 26.6 Å². The molecule has 2 fully saturated rings. The van der Waals surface area contributed by atoms with Gasteiger partial charge in [-0.2, -0.15) is 11.8 Å². The molecule has 0 saturated carbocycles. The maximum Gasteiger partial charge on any atom is 0.315 e. The fourth-order valence-electron chi connectivity index (χ4n) is 4.24. The minimum Gasteiger partial charge on any atom is -0.379 e. The highest BCUT2D eigenvalue weighted by Gasteiger charge is 2.42. The summed E-state index contributed by atoms with van der Waals surface area (Å²) in [6.07, 6.45) is 4.79. The largest absolute Gasteiger partial charge is 0.379 e. The van der Waals surface area contributed by atoms with Gasteiger partial charge in [-0.05, 0) is 32.6 Å². The van der Waals surface area contributed by atoms with Crippen LogP contribution in [0.25, 0.3) is 0 Å². The van der Waals surface area contributed by atoms with Crippen molar-refractivity contribution in [2.24, 2.45) is 0 Å². The lowest BCUT2D eigenvalue weighted by Gasteiger charge is -2.16. The predicted molar refractivity (Wildman–Crippen MR) is 151 cm³/mol. The molecule has 2 aliphatic rings. The molecule has 5 amide bonds. The van der Waals surface area contributed by atoms with Crippen molar-refractivity contribution in [3.63, 3.8) is 0 Å². The number of rotatable bonds is 24. The fraction of sp³-hybridized carbons (Fsp3) is 0.846. The van der Waals surface area contributed by atoms with E-state index in [9.17, 15) is 19.2 Å². The summed E-state index contributed by atoms with van der Waals surface area (Å²) >= 11 is 1.90. The summed E-state index contributed by atoms with van der Waals surface area (Å²) in [4.78, 5) is 46.2. The van der Waals surface area contributed by atoms with Gasteiger partial charge in [0.2, 0.25) is 17.7 Å². The van der Waals surface area contributed by atoms with Crippen LogP contribution in [0.3, 0.4) is 0 Å². The van der Waals surface area contributed by atoms with Gasteiger partial charge in [0.15, 0.2) is 0 Å². The van der Waals surface area contributed by atoms with Gasteiger partial charge < -0.3 is 45.5 Å². The Balaban J connectivity index is 1.25. The molecule has 2 rings (SSSR count). The molecule has 0 aromatic heterocycles. The van der Waals surface area contributed by atoms with E-state index in [1.165, 1.54) is 0 Å². The Morgan fingerprint density at radius 3 is 2.02 bits per heavy atom. The van der Waals surface area contributed by atoms with Crippen LogP contribution in [0.15, 0.2) is 0 Å². The Morgan fingerprint density at radius 1 is 0.775 bits per heavy atom. The Labute approximate surface area is 241 Å². The molecule has 0 radical (unpaired) electrons. The van der Waals surface area contributed by atoms with Gasteiger partial charge in [-0.3, -0.25) is 14.4 Å². The van der Waals surface area contributed by atoms with E-state index < -0.39 is 0 Å². The highest BCUT2D eigenvalue weighted by molar-refractivity contribution is 8.00. The van der Waals surface area contributed by atoms with Gasteiger partial charge in [-0.25, -0.2) is 4.79 Å². The van der Waals surface area contributed by atoms with E-state index in [1.807, 2.05) is 18.7 Å². The average molecular weight is 590 g/mol. The summed E-state index contributed by atoms with van der Waals surface area (Å²) < 4.78 is 21.5. The van der Waals surface area contributed by atoms with Crippen molar-refractivity contribution in [2.75, 3.05) is 78.2 Å². The van der Waals surface area contributed by atoms with Crippen molar-refractivity contribution < 1.29 is 38.1 Å². The van der Waals surface area contributed by atoms with Gasteiger partial charge in [-0.1, -0.05) is 6.42 Å². The number of carbonyl (C=O) groups is 4. The number of unbranched alkanes of at least 4 members (excludes halogenated alkanes) is 1. The summed E-state index contributed by atoms with van der Waals surface area (Å²) in [7, 11) is 0. The molecule has 0 bridgehead atoms. The van der Waals surface area contributed by atoms with Gasteiger partial charge in [0.25, 0.3) is 0 Å². The van der Waals surface area contributed by atoms with Crippen LogP contribution in [0.5, 0.6) is 0 Å². The van der Waals surface area contributed by atoms with Crippen LogP contribution in [-0.4, -0.2) is 119 Å². The topological polar surface area (TPSA) is 165 Å². The van der Waals surface area contributed by atoms with Crippen molar-refractivity contribution in [1.82, 2.24) is 26.6 Å².